The molecule has 5 nitrogen and oxygen atoms in total. The molecule has 1 aliphatic rings. The summed E-state index contributed by atoms with van der Waals surface area (Å²) in [5.74, 6) is 0.318. The Morgan fingerprint density at radius 1 is 1.50 bits per heavy atom. The summed E-state index contributed by atoms with van der Waals surface area (Å²) in [6, 6.07) is 7.54. The van der Waals surface area contributed by atoms with E-state index in [1.807, 2.05) is 24.3 Å². The maximum Gasteiger partial charge on any atom is 0.277 e. The number of halogens is 1. The van der Waals surface area contributed by atoms with Crippen LogP contribution in [0.3, 0.4) is 0 Å². The van der Waals surface area contributed by atoms with Gasteiger partial charge in [0, 0.05) is 10.2 Å². The first-order chi connectivity index (χ1) is 9.72. The summed E-state index contributed by atoms with van der Waals surface area (Å²) in [4.78, 5) is 16.3. The minimum atomic E-state index is -0.268. The Morgan fingerprint density at radius 2 is 2.40 bits per heavy atom. The summed E-state index contributed by atoms with van der Waals surface area (Å²) in [7, 11) is 0. The first-order valence-corrected chi connectivity index (χ1v) is 7.27. The molecule has 20 heavy (non-hydrogen) atoms. The van der Waals surface area contributed by atoms with Crippen LogP contribution in [0.25, 0.3) is 0 Å². The number of rotatable bonds is 3. The number of aromatic nitrogens is 1. The van der Waals surface area contributed by atoms with Crippen LogP contribution < -0.4 is 10.6 Å². The van der Waals surface area contributed by atoms with Crippen LogP contribution in [-0.2, 0) is 0 Å². The first kappa shape index (κ1) is 13.3. The second-order valence-corrected chi connectivity index (χ2v) is 5.60. The SMILES string of the molecule is O=C(Nc1cccc(Br)c1)c1coc(C2CCCN2)n1. The van der Waals surface area contributed by atoms with Crippen LogP contribution in [0.5, 0.6) is 0 Å². The van der Waals surface area contributed by atoms with Gasteiger partial charge in [-0.3, -0.25) is 4.79 Å². The predicted molar refractivity (Wildman–Crippen MR) is 78.6 cm³/mol. The van der Waals surface area contributed by atoms with Gasteiger partial charge in [0.2, 0.25) is 5.89 Å². The zero-order valence-electron chi connectivity index (χ0n) is 10.7. The van der Waals surface area contributed by atoms with Gasteiger partial charge in [0.05, 0.1) is 6.04 Å². The Hall–Kier alpha value is -1.66. The molecule has 1 saturated heterocycles. The van der Waals surface area contributed by atoms with Crippen molar-refractivity contribution in [3.8, 4) is 0 Å². The summed E-state index contributed by atoms with van der Waals surface area (Å²) >= 11 is 3.36. The van der Waals surface area contributed by atoms with Crippen LogP contribution >= 0.6 is 15.9 Å². The van der Waals surface area contributed by atoms with Crippen molar-refractivity contribution in [1.29, 1.82) is 0 Å². The third-order valence-electron chi connectivity index (χ3n) is 3.20. The van der Waals surface area contributed by atoms with E-state index < -0.39 is 0 Å². The van der Waals surface area contributed by atoms with Crippen LogP contribution in [0.15, 0.2) is 39.4 Å². The van der Waals surface area contributed by atoms with Gasteiger partial charge in [0.25, 0.3) is 5.91 Å². The maximum absolute atomic E-state index is 12.1. The zero-order valence-corrected chi connectivity index (χ0v) is 12.3. The molecule has 3 rings (SSSR count). The molecule has 104 valence electrons. The summed E-state index contributed by atoms with van der Waals surface area (Å²) < 4.78 is 6.30. The fourth-order valence-corrected chi connectivity index (χ4v) is 2.61. The second-order valence-electron chi connectivity index (χ2n) is 4.68. The lowest BCUT2D eigenvalue weighted by atomic mass is 10.2. The molecule has 2 aromatic rings. The Kier molecular flexibility index (Phi) is 3.84. The van der Waals surface area contributed by atoms with Crippen molar-refractivity contribution in [1.82, 2.24) is 10.3 Å². The van der Waals surface area contributed by atoms with Gasteiger partial charge in [0.15, 0.2) is 5.69 Å². The number of nitrogens with one attached hydrogen (secondary N) is 2. The molecule has 1 amide bonds. The van der Waals surface area contributed by atoms with E-state index in [9.17, 15) is 4.79 Å². The highest BCUT2D eigenvalue weighted by Crippen LogP contribution is 2.22. The summed E-state index contributed by atoms with van der Waals surface area (Å²) in [6.07, 6.45) is 3.50. The Balaban J connectivity index is 1.71. The van der Waals surface area contributed by atoms with E-state index in [1.54, 1.807) is 0 Å². The van der Waals surface area contributed by atoms with Crippen LogP contribution in [0.4, 0.5) is 5.69 Å². The molecule has 0 radical (unpaired) electrons. The number of carbonyl (C=O) groups is 1. The van der Waals surface area contributed by atoms with E-state index in [2.05, 4.69) is 31.5 Å². The van der Waals surface area contributed by atoms with Crippen LogP contribution in [0, 0.1) is 0 Å². The largest absolute Gasteiger partial charge is 0.446 e. The van der Waals surface area contributed by atoms with Crippen molar-refractivity contribution in [3.63, 3.8) is 0 Å². The molecule has 0 spiro atoms. The number of hydrogen-bond donors (Lipinski definition) is 2. The molecule has 1 atom stereocenters. The van der Waals surface area contributed by atoms with Gasteiger partial charge in [-0.1, -0.05) is 22.0 Å². The first-order valence-electron chi connectivity index (χ1n) is 6.48. The van der Waals surface area contributed by atoms with Gasteiger partial charge >= 0.3 is 0 Å². The van der Waals surface area contributed by atoms with Gasteiger partial charge in [0.1, 0.15) is 6.26 Å². The summed E-state index contributed by atoms with van der Waals surface area (Å²) in [5, 5.41) is 6.08. The monoisotopic (exact) mass is 335 g/mol. The summed E-state index contributed by atoms with van der Waals surface area (Å²) in [6.45, 7) is 0.965. The van der Waals surface area contributed by atoms with Crippen molar-refractivity contribution < 1.29 is 9.21 Å². The molecule has 1 aromatic carbocycles. The van der Waals surface area contributed by atoms with E-state index in [0.717, 1.165) is 23.9 Å². The van der Waals surface area contributed by atoms with Crippen LogP contribution in [0.2, 0.25) is 0 Å². The number of hydrogen-bond acceptors (Lipinski definition) is 4. The third-order valence-corrected chi connectivity index (χ3v) is 3.69. The van der Waals surface area contributed by atoms with Crippen LogP contribution in [-0.4, -0.2) is 17.4 Å². The Labute approximate surface area is 124 Å². The molecule has 0 saturated carbocycles. The molecule has 1 aromatic heterocycles. The lowest BCUT2D eigenvalue weighted by Crippen LogP contribution is -2.15. The number of benzene rings is 1. The van der Waals surface area contributed by atoms with Crippen molar-refractivity contribution in [3.05, 3.63) is 46.6 Å². The lowest BCUT2D eigenvalue weighted by molar-refractivity contribution is 0.102. The Bertz CT molecular complexity index is 620. The zero-order chi connectivity index (χ0) is 13.9. The van der Waals surface area contributed by atoms with E-state index in [4.69, 9.17) is 4.42 Å². The maximum atomic E-state index is 12.1. The highest BCUT2D eigenvalue weighted by Gasteiger charge is 2.22. The Morgan fingerprint density at radius 3 is 3.15 bits per heavy atom. The minimum Gasteiger partial charge on any atom is -0.446 e. The normalized spacial score (nSPS) is 18.1. The van der Waals surface area contributed by atoms with E-state index in [1.165, 1.54) is 6.26 Å². The van der Waals surface area contributed by atoms with Gasteiger partial charge in [-0.25, -0.2) is 4.98 Å². The van der Waals surface area contributed by atoms with Crippen LogP contribution in [0.1, 0.15) is 35.3 Å². The van der Waals surface area contributed by atoms with Gasteiger partial charge < -0.3 is 15.1 Å². The summed E-state index contributed by atoms with van der Waals surface area (Å²) in [5.41, 5.74) is 1.02. The van der Waals surface area contributed by atoms with Crippen molar-refractivity contribution in [2.24, 2.45) is 0 Å². The molecule has 0 bridgehead atoms. The highest BCUT2D eigenvalue weighted by atomic mass is 79.9. The topological polar surface area (TPSA) is 67.2 Å². The molecule has 6 heteroatoms. The smallest absolute Gasteiger partial charge is 0.277 e. The third kappa shape index (κ3) is 2.91. The standard InChI is InChI=1S/C14H14BrN3O2/c15-9-3-1-4-10(7-9)17-13(19)12-8-20-14(18-12)11-5-2-6-16-11/h1,3-4,7-8,11,16H,2,5-6H2,(H,17,19). The highest BCUT2D eigenvalue weighted by molar-refractivity contribution is 9.10. The molecule has 2 heterocycles. The van der Waals surface area contributed by atoms with E-state index in [0.29, 0.717) is 17.3 Å². The van der Waals surface area contributed by atoms with E-state index in [-0.39, 0.29) is 11.9 Å². The molecule has 2 N–H and O–H groups in total. The fraction of sp³-hybridized carbons (Fsp3) is 0.286. The van der Waals surface area contributed by atoms with Crippen molar-refractivity contribution in [2.45, 2.75) is 18.9 Å². The minimum absolute atomic E-state index is 0.127. The van der Waals surface area contributed by atoms with Gasteiger partial charge in [-0.05, 0) is 37.6 Å². The van der Waals surface area contributed by atoms with Crippen molar-refractivity contribution in [2.75, 3.05) is 11.9 Å². The average molecular weight is 336 g/mol. The molecule has 0 aliphatic carbocycles. The molecular formula is C14H14BrN3O2. The number of anilines is 1. The molecule has 1 unspecified atom stereocenters. The number of oxazole rings is 1. The number of carbonyl (C=O) groups excluding carboxylic acids is 1. The van der Waals surface area contributed by atoms with Gasteiger partial charge in [-0.2, -0.15) is 0 Å². The molecule has 1 fully saturated rings. The van der Waals surface area contributed by atoms with E-state index >= 15 is 0 Å². The average Bonchev–Trinajstić information content (AvgIpc) is 3.10. The molecular weight excluding hydrogens is 322 g/mol. The number of amides is 1. The number of nitrogens with zero attached hydrogens (tertiary/aromatic N) is 1. The fourth-order valence-electron chi connectivity index (χ4n) is 2.21. The quantitative estimate of drug-likeness (QED) is 0.904. The molecule has 1 aliphatic heterocycles. The lowest BCUT2D eigenvalue weighted by Gasteiger charge is -2.04. The van der Waals surface area contributed by atoms with Crippen molar-refractivity contribution >= 4 is 27.5 Å². The van der Waals surface area contributed by atoms with Gasteiger partial charge in [-0.15, -0.1) is 0 Å². The second kappa shape index (κ2) is 5.76. The predicted octanol–water partition coefficient (Wildman–Crippen LogP) is 3.11.